The average molecular weight is 477 g/mol. The van der Waals surface area contributed by atoms with Gasteiger partial charge in [0.25, 0.3) is 11.6 Å². The summed E-state index contributed by atoms with van der Waals surface area (Å²) in [6.45, 7) is 1.71. The molecule has 0 fully saturated rings. The van der Waals surface area contributed by atoms with E-state index in [0.29, 0.717) is 27.3 Å². The second kappa shape index (κ2) is 10.1. The van der Waals surface area contributed by atoms with Gasteiger partial charge < -0.3 is 14.0 Å². The monoisotopic (exact) mass is 477 g/mol. The maximum atomic E-state index is 13.0. The number of para-hydroxylation sites is 1. The third-order valence-electron chi connectivity index (χ3n) is 4.73. The number of esters is 1. The molecule has 0 radical (unpaired) electrons. The molecule has 0 bridgehead atoms. The fourth-order valence-electron chi connectivity index (χ4n) is 3.22. The minimum atomic E-state index is -0.544. The van der Waals surface area contributed by atoms with Crippen LogP contribution in [0.25, 0.3) is 10.2 Å². The number of hydrogen-bond acceptors (Lipinski definition) is 7. The molecule has 10 heteroatoms. The molecule has 0 saturated carbocycles. The van der Waals surface area contributed by atoms with Crippen molar-refractivity contribution in [3.63, 3.8) is 0 Å². The van der Waals surface area contributed by atoms with E-state index in [1.807, 2.05) is 18.2 Å². The molecule has 3 aromatic carbocycles. The Bertz CT molecular complexity index is 1440. The third-order valence-corrected chi connectivity index (χ3v) is 5.77. The first-order valence-electron chi connectivity index (χ1n) is 10.3. The molecule has 0 atom stereocenters. The molecular weight excluding hydrogens is 458 g/mol. The lowest BCUT2D eigenvalue weighted by Gasteiger charge is -2.06. The Kier molecular flexibility index (Phi) is 6.79. The number of benzene rings is 3. The molecule has 0 aliphatic heterocycles. The maximum Gasteiger partial charge on any atom is 0.326 e. The van der Waals surface area contributed by atoms with E-state index in [2.05, 4.69) is 4.99 Å². The zero-order valence-electron chi connectivity index (χ0n) is 18.0. The third kappa shape index (κ3) is 5.18. The Morgan fingerprint density at radius 1 is 1.03 bits per heavy atom. The van der Waals surface area contributed by atoms with Gasteiger partial charge in [-0.1, -0.05) is 35.6 Å². The zero-order valence-corrected chi connectivity index (χ0v) is 18.9. The van der Waals surface area contributed by atoms with Gasteiger partial charge in [-0.3, -0.25) is 19.7 Å². The van der Waals surface area contributed by atoms with Gasteiger partial charge in [-0.25, -0.2) is 0 Å². The summed E-state index contributed by atoms with van der Waals surface area (Å²) >= 11 is 1.08. The van der Waals surface area contributed by atoms with Gasteiger partial charge in [0.2, 0.25) is 0 Å². The first-order chi connectivity index (χ1) is 16.4. The smallest absolute Gasteiger partial charge is 0.326 e. The molecule has 4 aromatic rings. The summed E-state index contributed by atoms with van der Waals surface area (Å²) in [5, 5.41) is 11.2. The van der Waals surface area contributed by atoms with Crippen LogP contribution < -0.4 is 9.54 Å². The number of nitrogens with zero attached hydrogens (tertiary/aromatic N) is 3. The molecule has 0 aliphatic rings. The Morgan fingerprint density at radius 3 is 2.53 bits per heavy atom. The van der Waals surface area contributed by atoms with E-state index < -0.39 is 16.8 Å². The van der Waals surface area contributed by atoms with E-state index in [4.69, 9.17) is 9.47 Å². The van der Waals surface area contributed by atoms with E-state index in [0.717, 1.165) is 11.3 Å². The number of thiazole rings is 1. The largest absolute Gasteiger partial charge is 0.465 e. The summed E-state index contributed by atoms with van der Waals surface area (Å²) in [6, 6.07) is 20.0. The van der Waals surface area contributed by atoms with Crippen molar-refractivity contribution >= 4 is 39.1 Å². The molecular formula is C24H19N3O6S. The van der Waals surface area contributed by atoms with Crippen LogP contribution >= 0.6 is 11.3 Å². The molecule has 0 unspecified atom stereocenters. The number of non-ortho nitro benzene ring substituents is 1. The van der Waals surface area contributed by atoms with Gasteiger partial charge in [-0.2, -0.15) is 4.99 Å². The second-order valence-corrected chi connectivity index (χ2v) is 8.05. The fourth-order valence-corrected chi connectivity index (χ4v) is 4.28. The zero-order chi connectivity index (χ0) is 24.1. The standard InChI is InChI=1S/C24H19N3O6S/c1-2-32-22(28)15-26-20-12-11-17(27(30)31)14-21(20)34-24(26)25-23(29)16-7-6-10-19(13-16)33-18-8-4-3-5-9-18/h3-14H,2,15H2,1H3. The Morgan fingerprint density at radius 2 is 1.79 bits per heavy atom. The van der Waals surface area contributed by atoms with Gasteiger partial charge in [0.15, 0.2) is 4.80 Å². The van der Waals surface area contributed by atoms with Crippen molar-refractivity contribution < 1.29 is 24.0 Å². The lowest BCUT2D eigenvalue weighted by molar-refractivity contribution is -0.384. The number of aromatic nitrogens is 1. The highest BCUT2D eigenvalue weighted by atomic mass is 32.1. The summed E-state index contributed by atoms with van der Waals surface area (Å²) in [6.07, 6.45) is 0. The number of nitro benzene ring substituents is 1. The highest BCUT2D eigenvalue weighted by Gasteiger charge is 2.16. The van der Waals surface area contributed by atoms with Gasteiger partial charge in [0.1, 0.15) is 18.0 Å². The Labute approximate surface area is 197 Å². The first kappa shape index (κ1) is 22.9. The minimum Gasteiger partial charge on any atom is -0.465 e. The van der Waals surface area contributed by atoms with Crippen molar-refractivity contribution in [2.45, 2.75) is 13.5 Å². The molecule has 1 heterocycles. The van der Waals surface area contributed by atoms with Gasteiger partial charge in [0.05, 0.1) is 21.7 Å². The van der Waals surface area contributed by atoms with E-state index >= 15 is 0 Å². The van der Waals surface area contributed by atoms with Crippen LogP contribution in [-0.4, -0.2) is 28.0 Å². The normalized spacial score (nSPS) is 11.4. The number of rotatable bonds is 7. The van der Waals surface area contributed by atoms with Crippen molar-refractivity contribution in [2.24, 2.45) is 4.99 Å². The lowest BCUT2D eigenvalue weighted by Crippen LogP contribution is -2.23. The van der Waals surface area contributed by atoms with E-state index in [1.54, 1.807) is 43.3 Å². The predicted molar refractivity (Wildman–Crippen MR) is 126 cm³/mol. The molecule has 172 valence electrons. The second-order valence-electron chi connectivity index (χ2n) is 7.04. The number of nitro groups is 1. The number of fused-ring (bicyclic) bond motifs is 1. The van der Waals surface area contributed by atoms with Crippen LogP contribution in [0.1, 0.15) is 17.3 Å². The number of ether oxygens (including phenoxy) is 2. The van der Waals surface area contributed by atoms with Crippen LogP contribution in [0.2, 0.25) is 0 Å². The van der Waals surface area contributed by atoms with Crippen molar-refractivity contribution in [3.8, 4) is 11.5 Å². The van der Waals surface area contributed by atoms with E-state index in [9.17, 15) is 19.7 Å². The van der Waals surface area contributed by atoms with Crippen LogP contribution in [0.4, 0.5) is 5.69 Å². The topological polar surface area (TPSA) is 113 Å². The van der Waals surface area contributed by atoms with Crippen LogP contribution in [0.5, 0.6) is 11.5 Å². The summed E-state index contributed by atoms with van der Waals surface area (Å²) < 4.78 is 12.9. The lowest BCUT2D eigenvalue weighted by atomic mass is 10.2. The first-order valence-corrected chi connectivity index (χ1v) is 11.1. The van der Waals surface area contributed by atoms with E-state index in [1.165, 1.54) is 22.8 Å². The molecule has 0 spiro atoms. The highest BCUT2D eigenvalue weighted by molar-refractivity contribution is 7.16. The highest BCUT2D eigenvalue weighted by Crippen LogP contribution is 2.24. The van der Waals surface area contributed by atoms with Gasteiger partial charge in [-0.05, 0) is 43.3 Å². The molecule has 4 rings (SSSR count). The van der Waals surface area contributed by atoms with Crippen molar-refractivity contribution in [1.29, 1.82) is 0 Å². The van der Waals surface area contributed by atoms with Gasteiger partial charge in [0, 0.05) is 17.7 Å². The minimum absolute atomic E-state index is 0.0966. The molecule has 1 amide bonds. The number of carbonyl (C=O) groups is 2. The van der Waals surface area contributed by atoms with Gasteiger partial charge >= 0.3 is 5.97 Å². The SMILES string of the molecule is CCOC(=O)Cn1c(=NC(=O)c2cccc(Oc3ccccc3)c2)sc2cc([N+](=O)[O-])ccc21. The van der Waals surface area contributed by atoms with Crippen LogP contribution in [0, 0.1) is 10.1 Å². The molecule has 34 heavy (non-hydrogen) atoms. The summed E-state index contributed by atoms with van der Waals surface area (Å²) in [4.78, 5) is 40.2. The van der Waals surface area contributed by atoms with Crippen molar-refractivity contribution in [3.05, 3.63) is 93.3 Å². The molecule has 0 saturated heterocycles. The van der Waals surface area contributed by atoms with E-state index in [-0.39, 0.29) is 23.6 Å². The van der Waals surface area contributed by atoms with Crippen molar-refractivity contribution in [1.82, 2.24) is 4.57 Å². The van der Waals surface area contributed by atoms with Crippen LogP contribution in [0.3, 0.4) is 0 Å². The number of carbonyl (C=O) groups excluding carboxylic acids is 2. The summed E-state index contributed by atoms with van der Waals surface area (Å²) in [5.74, 6) is 0.0471. The summed E-state index contributed by atoms with van der Waals surface area (Å²) in [5.41, 5.74) is 0.733. The predicted octanol–water partition coefficient (Wildman–Crippen LogP) is 4.71. The molecule has 1 aromatic heterocycles. The maximum absolute atomic E-state index is 13.0. The van der Waals surface area contributed by atoms with Gasteiger partial charge in [-0.15, -0.1) is 0 Å². The molecule has 0 aliphatic carbocycles. The molecule has 0 N–H and O–H groups in total. The van der Waals surface area contributed by atoms with Crippen LogP contribution in [0.15, 0.2) is 77.8 Å². The quantitative estimate of drug-likeness (QED) is 0.216. The Balaban J connectivity index is 1.72. The number of hydrogen-bond donors (Lipinski definition) is 0. The summed E-state index contributed by atoms with van der Waals surface area (Å²) in [7, 11) is 0. The van der Waals surface area contributed by atoms with Crippen LogP contribution in [-0.2, 0) is 16.1 Å². The average Bonchev–Trinajstić information content (AvgIpc) is 3.16. The Hall–Kier alpha value is -4.31. The van der Waals surface area contributed by atoms with Crippen molar-refractivity contribution in [2.75, 3.05) is 6.61 Å². The number of amides is 1. The molecule has 9 nitrogen and oxygen atoms in total. The fraction of sp³-hybridized carbons (Fsp3) is 0.125.